The summed E-state index contributed by atoms with van der Waals surface area (Å²) in [6.45, 7) is 5.35. The Morgan fingerprint density at radius 1 is 0.917 bits per heavy atom. The predicted octanol–water partition coefficient (Wildman–Crippen LogP) is 5.92. The fourth-order valence-corrected chi connectivity index (χ4v) is 4.62. The number of thioether (sulfide) groups is 1. The highest BCUT2D eigenvalue weighted by Crippen LogP contribution is 2.56. The summed E-state index contributed by atoms with van der Waals surface area (Å²) in [7, 11) is 0.900. The van der Waals surface area contributed by atoms with E-state index in [1.807, 2.05) is 20.9 Å². The molecule has 2 aromatic rings. The first kappa shape index (κ1) is 19.3. The summed E-state index contributed by atoms with van der Waals surface area (Å²) in [5, 5.41) is 3.17. The molecule has 0 aliphatic rings. The molecule has 1 N–H and O–H groups in total. The Kier molecular flexibility index (Phi) is 8.07. The predicted molar refractivity (Wildman–Crippen MR) is 106 cm³/mol. The molecule has 0 aromatic heterocycles. The maximum atomic E-state index is 5.99. The van der Waals surface area contributed by atoms with Crippen molar-refractivity contribution in [1.82, 2.24) is 0 Å². The van der Waals surface area contributed by atoms with Gasteiger partial charge in [-0.05, 0) is 55.5 Å². The van der Waals surface area contributed by atoms with E-state index in [0.717, 1.165) is 5.69 Å². The lowest BCUT2D eigenvalue weighted by atomic mass is 10.0. The fraction of sp³-hybridized carbons (Fsp3) is 0.368. The summed E-state index contributed by atoms with van der Waals surface area (Å²) in [4.78, 5) is 1.26. The first-order valence-corrected chi connectivity index (χ1v) is 10.7. The van der Waals surface area contributed by atoms with E-state index in [9.17, 15) is 0 Å². The van der Waals surface area contributed by atoms with Crippen LogP contribution in [0.15, 0.2) is 53.4 Å². The molecule has 0 saturated heterocycles. The molecule has 0 heterocycles. The average molecular weight is 363 g/mol. The molecule has 2 aromatic carbocycles. The molecule has 5 heteroatoms. The van der Waals surface area contributed by atoms with E-state index in [4.69, 9.17) is 9.05 Å². The first-order chi connectivity index (χ1) is 11.7. The number of anilines is 1. The number of hydrogen-bond donors (Lipinski definition) is 1. The Morgan fingerprint density at radius 2 is 1.42 bits per heavy atom. The minimum Gasteiger partial charge on any atom is -0.388 e. The van der Waals surface area contributed by atoms with Crippen LogP contribution >= 0.6 is 20.1 Å². The molecule has 0 saturated carbocycles. The maximum Gasteiger partial charge on any atom is 0.183 e. The van der Waals surface area contributed by atoms with Gasteiger partial charge in [-0.1, -0.05) is 24.3 Å². The summed E-state index contributed by atoms with van der Waals surface area (Å²) in [6.07, 6.45) is 2.09. The third kappa shape index (κ3) is 4.97. The summed E-state index contributed by atoms with van der Waals surface area (Å²) >= 11 is 1.75. The minimum atomic E-state index is -1.03. The van der Waals surface area contributed by atoms with Gasteiger partial charge in [0.05, 0.1) is 18.9 Å². The van der Waals surface area contributed by atoms with Gasteiger partial charge < -0.3 is 14.4 Å². The van der Waals surface area contributed by atoms with Crippen LogP contribution in [-0.4, -0.2) is 26.5 Å². The molecular formula is C19H26NO2PS. The Bertz CT molecular complexity index is 550. The van der Waals surface area contributed by atoms with Gasteiger partial charge in [0.1, 0.15) is 0 Å². The fourth-order valence-electron chi connectivity index (χ4n) is 2.49. The Hall–Kier alpha value is -1.06. The van der Waals surface area contributed by atoms with Gasteiger partial charge >= 0.3 is 0 Å². The lowest BCUT2D eigenvalue weighted by Crippen LogP contribution is -2.05. The van der Waals surface area contributed by atoms with Crippen LogP contribution in [0.2, 0.25) is 0 Å². The van der Waals surface area contributed by atoms with Crippen LogP contribution in [0.5, 0.6) is 0 Å². The molecular weight excluding hydrogens is 337 g/mol. The summed E-state index contributed by atoms with van der Waals surface area (Å²) < 4.78 is 12.0. The van der Waals surface area contributed by atoms with Gasteiger partial charge in [-0.15, -0.1) is 11.8 Å². The molecule has 3 nitrogen and oxygen atoms in total. The molecule has 1 atom stereocenters. The van der Waals surface area contributed by atoms with Crippen molar-refractivity contribution < 1.29 is 9.05 Å². The quantitative estimate of drug-likeness (QED) is 0.442. The van der Waals surface area contributed by atoms with E-state index in [-0.39, 0.29) is 5.66 Å². The normalized spacial score (nSPS) is 12.4. The SMILES string of the molecule is CCOP(OCC)C(c1ccc(NC)cc1)c1ccc(SC)cc1. The third-order valence-electron chi connectivity index (χ3n) is 3.67. The lowest BCUT2D eigenvalue weighted by molar-refractivity contribution is 0.265. The first-order valence-electron chi connectivity index (χ1n) is 8.20. The zero-order valence-corrected chi connectivity index (χ0v) is 16.5. The molecule has 2 rings (SSSR count). The number of nitrogens with one attached hydrogen (secondary N) is 1. The zero-order valence-electron chi connectivity index (χ0n) is 14.8. The molecule has 0 aliphatic carbocycles. The van der Waals surface area contributed by atoms with Crippen LogP contribution in [-0.2, 0) is 9.05 Å². The highest BCUT2D eigenvalue weighted by Gasteiger charge is 2.27. The van der Waals surface area contributed by atoms with Crippen molar-refractivity contribution >= 4 is 25.8 Å². The molecule has 0 fully saturated rings. The molecule has 0 amide bonds. The second-order valence-corrected chi connectivity index (χ2v) is 7.65. The van der Waals surface area contributed by atoms with Crippen LogP contribution in [0.3, 0.4) is 0 Å². The van der Waals surface area contributed by atoms with Crippen LogP contribution in [0.25, 0.3) is 0 Å². The van der Waals surface area contributed by atoms with Crippen LogP contribution in [0.1, 0.15) is 30.6 Å². The Morgan fingerprint density at radius 3 is 1.83 bits per heavy atom. The summed E-state index contributed by atoms with van der Waals surface area (Å²) in [6, 6.07) is 17.2. The molecule has 0 radical (unpaired) electrons. The molecule has 130 valence electrons. The van der Waals surface area contributed by atoms with E-state index < -0.39 is 8.38 Å². The Balaban J connectivity index is 2.41. The van der Waals surface area contributed by atoms with Crippen molar-refractivity contribution in [1.29, 1.82) is 0 Å². The van der Waals surface area contributed by atoms with Gasteiger partial charge in [-0.25, -0.2) is 0 Å². The van der Waals surface area contributed by atoms with Crippen molar-refractivity contribution in [3.8, 4) is 0 Å². The highest BCUT2D eigenvalue weighted by atomic mass is 32.2. The number of rotatable bonds is 9. The third-order valence-corrected chi connectivity index (χ3v) is 6.46. The van der Waals surface area contributed by atoms with E-state index in [1.54, 1.807) is 11.8 Å². The van der Waals surface area contributed by atoms with Crippen molar-refractivity contribution in [3.05, 3.63) is 59.7 Å². The monoisotopic (exact) mass is 363 g/mol. The Labute approximate surface area is 151 Å². The second-order valence-electron chi connectivity index (χ2n) is 5.17. The van der Waals surface area contributed by atoms with Gasteiger partial charge in [0.25, 0.3) is 0 Å². The van der Waals surface area contributed by atoms with Gasteiger partial charge in [-0.3, -0.25) is 0 Å². The topological polar surface area (TPSA) is 30.5 Å². The minimum absolute atomic E-state index is 0.113. The van der Waals surface area contributed by atoms with E-state index >= 15 is 0 Å². The van der Waals surface area contributed by atoms with Crippen molar-refractivity contribution in [2.75, 3.05) is 31.8 Å². The van der Waals surface area contributed by atoms with Crippen LogP contribution in [0, 0.1) is 0 Å². The molecule has 24 heavy (non-hydrogen) atoms. The molecule has 0 spiro atoms. The van der Waals surface area contributed by atoms with Gasteiger partial charge in [0, 0.05) is 17.6 Å². The van der Waals surface area contributed by atoms with Crippen molar-refractivity contribution in [3.63, 3.8) is 0 Å². The van der Waals surface area contributed by atoms with E-state index in [1.165, 1.54) is 16.0 Å². The summed E-state index contributed by atoms with van der Waals surface area (Å²) in [5.74, 6) is 0. The summed E-state index contributed by atoms with van der Waals surface area (Å²) in [5.41, 5.74) is 3.67. The number of benzene rings is 2. The van der Waals surface area contributed by atoms with Gasteiger partial charge in [0.15, 0.2) is 8.38 Å². The van der Waals surface area contributed by atoms with E-state index in [0.29, 0.717) is 13.2 Å². The van der Waals surface area contributed by atoms with E-state index in [2.05, 4.69) is 60.1 Å². The smallest absolute Gasteiger partial charge is 0.183 e. The van der Waals surface area contributed by atoms with Crippen LogP contribution in [0.4, 0.5) is 5.69 Å². The van der Waals surface area contributed by atoms with Gasteiger partial charge in [-0.2, -0.15) is 0 Å². The number of hydrogen-bond acceptors (Lipinski definition) is 4. The standard InChI is InChI=1S/C19H26NO2PS/c1-5-21-23(22-6-2)19(15-7-11-17(20-3)12-8-15)16-9-13-18(24-4)14-10-16/h7-14,19-20H,5-6H2,1-4H3. The second kappa shape index (κ2) is 10.0. The average Bonchev–Trinajstić information content (AvgIpc) is 2.63. The molecule has 0 bridgehead atoms. The largest absolute Gasteiger partial charge is 0.388 e. The van der Waals surface area contributed by atoms with Gasteiger partial charge in [0.2, 0.25) is 0 Å². The zero-order chi connectivity index (χ0) is 17.4. The maximum absolute atomic E-state index is 5.99. The van der Waals surface area contributed by atoms with Crippen LogP contribution < -0.4 is 5.32 Å². The van der Waals surface area contributed by atoms with Crippen molar-refractivity contribution in [2.45, 2.75) is 24.4 Å². The lowest BCUT2D eigenvalue weighted by Gasteiger charge is -2.27. The highest BCUT2D eigenvalue weighted by molar-refractivity contribution is 7.98. The van der Waals surface area contributed by atoms with Crippen molar-refractivity contribution in [2.24, 2.45) is 0 Å². The molecule has 0 aliphatic heterocycles. The molecule has 1 unspecified atom stereocenters.